The number of nitriles is 1. The zero-order chi connectivity index (χ0) is 21.1. The molecule has 0 aliphatic heterocycles. The maximum absolute atomic E-state index is 14.4. The van der Waals surface area contributed by atoms with Crippen molar-refractivity contribution >= 4 is 34.5 Å². The molecule has 0 spiro atoms. The summed E-state index contributed by atoms with van der Waals surface area (Å²) in [5.41, 5.74) is -0.326. The minimum Gasteiger partial charge on any atom is -0.480 e. The molecule has 6 nitrogen and oxygen atoms in total. The average Bonchev–Trinajstić information content (AvgIpc) is 3.04. The number of benzene rings is 2. The fraction of sp³-hybridized carbons (Fsp3) is 0.0500. The standard InChI is InChI=1S/C20H12F3N3O3/c21-16-6-5-14(8-17(16)22)26(23)20(29)12(9-24)7-13-10-25(11-19(27)28)18-4-2-1-3-15(13)18/h1-8,10H,11H2,(H,27,28). The zero-order valence-electron chi connectivity index (χ0n) is 14.6. The van der Waals surface area contributed by atoms with E-state index in [0.717, 1.165) is 12.1 Å². The zero-order valence-corrected chi connectivity index (χ0v) is 14.6. The van der Waals surface area contributed by atoms with Gasteiger partial charge in [-0.25, -0.2) is 8.78 Å². The van der Waals surface area contributed by atoms with Crippen molar-refractivity contribution in [1.82, 2.24) is 4.57 Å². The van der Waals surface area contributed by atoms with E-state index in [-0.39, 0.29) is 6.54 Å². The highest BCUT2D eigenvalue weighted by atomic mass is 19.2. The summed E-state index contributed by atoms with van der Waals surface area (Å²) in [7, 11) is 0. The van der Waals surface area contributed by atoms with Gasteiger partial charge in [-0.1, -0.05) is 22.7 Å². The number of aromatic nitrogens is 1. The van der Waals surface area contributed by atoms with Gasteiger partial charge in [0.05, 0.1) is 5.69 Å². The van der Waals surface area contributed by atoms with Crippen molar-refractivity contribution in [1.29, 1.82) is 5.26 Å². The molecule has 0 aliphatic rings. The highest BCUT2D eigenvalue weighted by Gasteiger charge is 2.22. The van der Waals surface area contributed by atoms with E-state index in [9.17, 15) is 28.1 Å². The Balaban J connectivity index is 2.01. The number of hydrogen-bond donors (Lipinski definition) is 1. The summed E-state index contributed by atoms with van der Waals surface area (Å²) in [5, 5.41) is 18.4. The number of aliphatic carboxylic acids is 1. The molecular weight excluding hydrogens is 387 g/mol. The Hall–Kier alpha value is -4.06. The minimum absolute atomic E-state index is 0.324. The molecule has 0 saturated heterocycles. The van der Waals surface area contributed by atoms with Gasteiger partial charge >= 0.3 is 5.97 Å². The third-order valence-electron chi connectivity index (χ3n) is 4.08. The molecular formula is C20H12F3N3O3. The quantitative estimate of drug-likeness (QED) is 0.401. The van der Waals surface area contributed by atoms with Gasteiger partial charge in [-0.15, -0.1) is 5.12 Å². The fourth-order valence-electron chi connectivity index (χ4n) is 2.79. The van der Waals surface area contributed by atoms with Crippen molar-refractivity contribution in [3.8, 4) is 6.07 Å². The second kappa shape index (κ2) is 7.90. The van der Waals surface area contributed by atoms with Gasteiger partial charge in [0, 0.05) is 28.7 Å². The number of halogens is 3. The van der Waals surface area contributed by atoms with Crippen molar-refractivity contribution in [3.63, 3.8) is 0 Å². The van der Waals surface area contributed by atoms with Crippen LogP contribution in [0.15, 0.2) is 54.2 Å². The summed E-state index contributed by atoms with van der Waals surface area (Å²) in [5.74, 6) is -5.03. The lowest BCUT2D eigenvalue weighted by atomic mass is 10.1. The minimum atomic E-state index is -1.38. The van der Waals surface area contributed by atoms with Crippen LogP contribution in [-0.2, 0) is 16.1 Å². The Bertz CT molecular complexity index is 1190. The first-order chi connectivity index (χ1) is 13.8. The predicted octanol–water partition coefficient (Wildman–Crippen LogP) is 3.83. The van der Waals surface area contributed by atoms with Crippen LogP contribution in [0.1, 0.15) is 5.56 Å². The molecule has 9 heteroatoms. The van der Waals surface area contributed by atoms with Crippen LogP contribution in [0.25, 0.3) is 17.0 Å². The molecule has 1 heterocycles. The van der Waals surface area contributed by atoms with Gasteiger partial charge in [-0.2, -0.15) is 5.26 Å². The number of carbonyl (C=O) groups excluding carboxylic acids is 1. The number of carboxylic acids is 1. The van der Waals surface area contributed by atoms with Crippen molar-refractivity contribution < 1.29 is 28.0 Å². The molecule has 0 saturated carbocycles. The van der Waals surface area contributed by atoms with Crippen molar-refractivity contribution in [2.75, 3.05) is 5.12 Å². The number of hydrogen-bond acceptors (Lipinski definition) is 3. The molecule has 0 radical (unpaired) electrons. The van der Waals surface area contributed by atoms with Crippen molar-refractivity contribution in [2.45, 2.75) is 6.54 Å². The number of amides is 1. The van der Waals surface area contributed by atoms with Crippen molar-refractivity contribution in [2.24, 2.45) is 0 Å². The van der Waals surface area contributed by atoms with Crippen LogP contribution in [0.2, 0.25) is 0 Å². The lowest BCUT2D eigenvalue weighted by Crippen LogP contribution is -2.23. The van der Waals surface area contributed by atoms with Gasteiger partial charge in [0.25, 0.3) is 5.91 Å². The molecule has 1 N–H and O–H groups in total. The molecule has 2 aromatic carbocycles. The van der Waals surface area contributed by atoms with Crippen molar-refractivity contribution in [3.05, 3.63) is 71.4 Å². The van der Waals surface area contributed by atoms with Gasteiger partial charge in [-0.3, -0.25) is 9.59 Å². The van der Waals surface area contributed by atoms with Gasteiger partial charge in [-0.05, 0) is 24.3 Å². The van der Waals surface area contributed by atoms with E-state index in [4.69, 9.17) is 5.11 Å². The molecule has 0 bridgehead atoms. The Kier molecular flexibility index (Phi) is 5.36. The second-order valence-electron chi connectivity index (χ2n) is 5.98. The lowest BCUT2D eigenvalue weighted by molar-refractivity contribution is -0.137. The van der Waals surface area contributed by atoms with Crippen LogP contribution < -0.4 is 5.12 Å². The Morgan fingerprint density at radius 1 is 1.17 bits per heavy atom. The summed E-state index contributed by atoms with van der Waals surface area (Å²) in [4.78, 5) is 23.4. The van der Waals surface area contributed by atoms with Crippen LogP contribution in [0, 0.1) is 23.0 Å². The van der Waals surface area contributed by atoms with Crippen LogP contribution in [0.4, 0.5) is 18.9 Å². The first kappa shape index (κ1) is 19.7. The molecule has 1 amide bonds. The molecule has 0 fully saturated rings. The Morgan fingerprint density at radius 2 is 1.90 bits per heavy atom. The number of carbonyl (C=O) groups is 2. The SMILES string of the molecule is N#CC(=Cc1cn(CC(=O)O)c2ccccc12)C(=O)N(F)c1ccc(F)c(F)c1. The Morgan fingerprint density at radius 3 is 2.55 bits per heavy atom. The smallest absolute Gasteiger partial charge is 0.323 e. The maximum atomic E-state index is 14.4. The number of rotatable bonds is 5. The first-order valence-corrected chi connectivity index (χ1v) is 8.18. The second-order valence-corrected chi connectivity index (χ2v) is 5.98. The lowest BCUT2D eigenvalue weighted by Gasteiger charge is -2.11. The van der Waals surface area contributed by atoms with E-state index in [2.05, 4.69) is 0 Å². The van der Waals surface area contributed by atoms with Crippen LogP contribution >= 0.6 is 0 Å². The monoisotopic (exact) mass is 399 g/mol. The Labute approximate surface area is 162 Å². The van der Waals surface area contributed by atoms with Gasteiger partial charge in [0.1, 0.15) is 18.2 Å². The molecule has 146 valence electrons. The summed E-state index contributed by atoms with van der Waals surface area (Å²) in [6.45, 7) is -0.353. The van der Waals surface area contributed by atoms with Crippen LogP contribution in [0.3, 0.4) is 0 Å². The molecule has 0 atom stereocenters. The normalized spacial score (nSPS) is 11.3. The number of carboxylic acid groups (broad SMARTS) is 1. The van der Waals surface area contributed by atoms with Gasteiger partial charge in [0.2, 0.25) is 0 Å². The number of fused-ring (bicyclic) bond motifs is 1. The van der Waals surface area contributed by atoms with E-state index >= 15 is 0 Å². The summed E-state index contributed by atoms with van der Waals surface area (Å²) >= 11 is 0. The topological polar surface area (TPSA) is 86.3 Å². The molecule has 3 rings (SSSR count). The van der Waals surface area contributed by atoms with E-state index in [0.29, 0.717) is 28.6 Å². The fourth-order valence-corrected chi connectivity index (χ4v) is 2.79. The molecule has 3 aromatic rings. The van der Waals surface area contributed by atoms with E-state index < -0.39 is 39.9 Å². The highest BCUT2D eigenvalue weighted by Crippen LogP contribution is 2.25. The van der Waals surface area contributed by atoms with E-state index in [1.54, 1.807) is 30.3 Å². The number of nitrogens with zero attached hydrogens (tertiary/aromatic N) is 3. The van der Waals surface area contributed by atoms with E-state index in [1.807, 2.05) is 0 Å². The molecule has 1 aromatic heterocycles. The van der Waals surface area contributed by atoms with Gasteiger partial charge < -0.3 is 9.67 Å². The largest absolute Gasteiger partial charge is 0.480 e. The summed E-state index contributed by atoms with van der Waals surface area (Å²) in [6, 6.07) is 10.3. The maximum Gasteiger partial charge on any atom is 0.323 e. The summed E-state index contributed by atoms with van der Waals surface area (Å²) in [6.07, 6.45) is 2.53. The van der Waals surface area contributed by atoms with Crippen LogP contribution in [-0.4, -0.2) is 21.6 Å². The van der Waals surface area contributed by atoms with Gasteiger partial charge in [0.15, 0.2) is 11.6 Å². The number of para-hydroxylation sites is 1. The average molecular weight is 399 g/mol. The van der Waals surface area contributed by atoms with Crippen LogP contribution in [0.5, 0.6) is 0 Å². The van der Waals surface area contributed by atoms with E-state index in [1.165, 1.54) is 10.8 Å². The number of anilines is 1. The third kappa shape index (κ3) is 3.96. The molecule has 0 aliphatic carbocycles. The summed E-state index contributed by atoms with van der Waals surface area (Å²) < 4.78 is 42.1. The third-order valence-corrected chi connectivity index (χ3v) is 4.08. The predicted molar refractivity (Wildman–Crippen MR) is 98.1 cm³/mol. The highest BCUT2D eigenvalue weighted by molar-refractivity contribution is 6.11. The molecule has 0 unspecified atom stereocenters. The molecule has 29 heavy (non-hydrogen) atoms. The first-order valence-electron chi connectivity index (χ1n) is 8.18.